The first kappa shape index (κ1) is 9.49. The second-order valence-electron chi connectivity index (χ2n) is 3.36. The third-order valence-electron chi connectivity index (χ3n) is 2.50. The molecule has 0 saturated carbocycles. The second kappa shape index (κ2) is 2.97. The Hall–Kier alpha value is -1.06. The molecule has 4 heteroatoms. The molecule has 1 amide bonds. The number of carbonyl (C=O) groups is 1. The number of amides is 1. The SMILES string of the molecule is CC[C@@]1(O)NC(=O)c2cc(Cl)ccc21. The van der Waals surface area contributed by atoms with Crippen molar-refractivity contribution >= 4 is 17.5 Å². The molecule has 0 saturated heterocycles. The van der Waals surface area contributed by atoms with Gasteiger partial charge in [0, 0.05) is 16.1 Å². The van der Waals surface area contributed by atoms with E-state index < -0.39 is 5.72 Å². The summed E-state index contributed by atoms with van der Waals surface area (Å²) in [6, 6.07) is 4.92. The fraction of sp³-hybridized carbons (Fsp3) is 0.300. The van der Waals surface area contributed by atoms with Gasteiger partial charge in [-0.15, -0.1) is 0 Å². The lowest BCUT2D eigenvalue weighted by molar-refractivity contribution is 0.00970. The summed E-state index contributed by atoms with van der Waals surface area (Å²) in [7, 11) is 0. The van der Waals surface area contributed by atoms with Crippen molar-refractivity contribution in [2.24, 2.45) is 0 Å². The molecule has 74 valence electrons. The molecular weight excluding hydrogens is 202 g/mol. The van der Waals surface area contributed by atoms with Gasteiger partial charge < -0.3 is 10.4 Å². The highest BCUT2D eigenvalue weighted by Gasteiger charge is 2.39. The summed E-state index contributed by atoms with van der Waals surface area (Å²) in [5.74, 6) is -0.271. The maximum atomic E-state index is 11.5. The molecule has 1 aliphatic heterocycles. The van der Waals surface area contributed by atoms with Crippen molar-refractivity contribution in [1.82, 2.24) is 5.32 Å². The van der Waals surface area contributed by atoms with Gasteiger partial charge in [0.1, 0.15) is 0 Å². The first-order valence-electron chi connectivity index (χ1n) is 4.42. The average molecular weight is 212 g/mol. The number of hydrogen-bond acceptors (Lipinski definition) is 2. The molecule has 0 aromatic heterocycles. The predicted molar refractivity (Wildman–Crippen MR) is 53.1 cm³/mol. The molecular formula is C10H10ClNO2. The number of nitrogens with one attached hydrogen (secondary N) is 1. The Bertz CT molecular complexity index is 405. The van der Waals surface area contributed by atoms with Gasteiger partial charge in [0.25, 0.3) is 5.91 Å². The van der Waals surface area contributed by atoms with E-state index >= 15 is 0 Å². The number of fused-ring (bicyclic) bond motifs is 1. The quantitative estimate of drug-likeness (QED) is 0.742. The van der Waals surface area contributed by atoms with E-state index in [2.05, 4.69) is 5.32 Å². The number of benzene rings is 1. The topological polar surface area (TPSA) is 49.3 Å². The minimum Gasteiger partial charge on any atom is -0.367 e. The zero-order chi connectivity index (χ0) is 10.3. The summed E-state index contributed by atoms with van der Waals surface area (Å²) >= 11 is 5.76. The lowest BCUT2D eigenvalue weighted by Gasteiger charge is -2.21. The van der Waals surface area contributed by atoms with Gasteiger partial charge in [-0.05, 0) is 18.6 Å². The molecule has 1 heterocycles. The Balaban J connectivity index is 2.61. The first-order chi connectivity index (χ1) is 6.57. The highest BCUT2D eigenvalue weighted by Crippen LogP contribution is 2.32. The highest BCUT2D eigenvalue weighted by molar-refractivity contribution is 6.31. The van der Waals surface area contributed by atoms with Crippen LogP contribution in [0, 0.1) is 0 Å². The Morgan fingerprint density at radius 3 is 2.93 bits per heavy atom. The molecule has 2 rings (SSSR count). The van der Waals surface area contributed by atoms with Crippen LogP contribution in [0.2, 0.25) is 5.02 Å². The first-order valence-corrected chi connectivity index (χ1v) is 4.79. The molecule has 14 heavy (non-hydrogen) atoms. The summed E-state index contributed by atoms with van der Waals surface area (Å²) in [6.07, 6.45) is 0.438. The standard InChI is InChI=1S/C10H10ClNO2/c1-2-10(14)8-4-3-6(11)5-7(8)9(13)12-10/h3-5,14H,2H2,1H3,(H,12,13)/t10-/m0/s1. The fourth-order valence-electron chi connectivity index (χ4n) is 1.67. The Morgan fingerprint density at radius 1 is 1.57 bits per heavy atom. The number of hydrogen-bond donors (Lipinski definition) is 2. The van der Waals surface area contributed by atoms with E-state index in [1.54, 1.807) is 18.2 Å². The van der Waals surface area contributed by atoms with Crippen molar-refractivity contribution in [2.75, 3.05) is 0 Å². The van der Waals surface area contributed by atoms with Crippen LogP contribution in [0.1, 0.15) is 29.3 Å². The molecule has 2 N–H and O–H groups in total. The molecule has 3 nitrogen and oxygen atoms in total. The summed E-state index contributed by atoms with van der Waals surface area (Å²) in [4.78, 5) is 11.5. The molecule has 1 aromatic rings. The van der Waals surface area contributed by atoms with Gasteiger partial charge in [-0.3, -0.25) is 4.79 Å². The average Bonchev–Trinajstić information content (AvgIpc) is 2.40. The molecule has 0 unspecified atom stereocenters. The van der Waals surface area contributed by atoms with Crippen LogP contribution in [-0.2, 0) is 5.72 Å². The van der Waals surface area contributed by atoms with Gasteiger partial charge >= 0.3 is 0 Å². The summed E-state index contributed by atoms with van der Waals surface area (Å²) in [5.41, 5.74) is -0.159. The normalized spacial score (nSPS) is 24.6. The van der Waals surface area contributed by atoms with Gasteiger partial charge in [-0.25, -0.2) is 0 Å². The van der Waals surface area contributed by atoms with Crippen LogP contribution < -0.4 is 5.32 Å². The molecule has 0 spiro atoms. The maximum absolute atomic E-state index is 11.5. The number of aliphatic hydroxyl groups is 1. The van der Waals surface area contributed by atoms with Gasteiger partial charge in [-0.1, -0.05) is 24.6 Å². The fourth-order valence-corrected chi connectivity index (χ4v) is 1.84. The van der Waals surface area contributed by atoms with Crippen molar-refractivity contribution in [3.8, 4) is 0 Å². The molecule has 0 aliphatic carbocycles. The van der Waals surface area contributed by atoms with Crippen LogP contribution in [0.5, 0.6) is 0 Å². The number of rotatable bonds is 1. The van der Waals surface area contributed by atoms with E-state index in [9.17, 15) is 9.90 Å². The van der Waals surface area contributed by atoms with E-state index in [1.165, 1.54) is 0 Å². The van der Waals surface area contributed by atoms with Crippen LogP contribution >= 0.6 is 11.6 Å². The number of carbonyl (C=O) groups excluding carboxylic acids is 1. The molecule has 1 atom stereocenters. The molecule has 0 bridgehead atoms. The molecule has 1 aliphatic rings. The van der Waals surface area contributed by atoms with Crippen LogP contribution in [0.3, 0.4) is 0 Å². The van der Waals surface area contributed by atoms with Crippen LogP contribution in [0.25, 0.3) is 0 Å². The monoisotopic (exact) mass is 211 g/mol. The van der Waals surface area contributed by atoms with E-state index in [4.69, 9.17) is 11.6 Å². The van der Waals surface area contributed by atoms with Crippen LogP contribution in [0.4, 0.5) is 0 Å². The van der Waals surface area contributed by atoms with Gasteiger partial charge in [0.2, 0.25) is 0 Å². The van der Waals surface area contributed by atoms with E-state index in [0.29, 0.717) is 22.6 Å². The van der Waals surface area contributed by atoms with E-state index in [-0.39, 0.29) is 5.91 Å². The van der Waals surface area contributed by atoms with Gasteiger partial charge in [0.15, 0.2) is 5.72 Å². The molecule has 0 fully saturated rings. The second-order valence-corrected chi connectivity index (χ2v) is 3.79. The highest BCUT2D eigenvalue weighted by atomic mass is 35.5. The zero-order valence-corrected chi connectivity index (χ0v) is 8.43. The van der Waals surface area contributed by atoms with E-state index in [1.807, 2.05) is 6.92 Å². The lowest BCUT2D eigenvalue weighted by atomic mass is 10.00. The zero-order valence-electron chi connectivity index (χ0n) is 7.67. The molecule has 1 aromatic carbocycles. The minimum atomic E-state index is -1.23. The lowest BCUT2D eigenvalue weighted by Crippen LogP contribution is -2.38. The Kier molecular flexibility index (Phi) is 2.01. The van der Waals surface area contributed by atoms with Crippen LogP contribution in [0.15, 0.2) is 18.2 Å². The third kappa shape index (κ3) is 1.21. The predicted octanol–water partition coefficient (Wildman–Crippen LogP) is 1.64. The summed E-state index contributed by atoms with van der Waals surface area (Å²) < 4.78 is 0. The largest absolute Gasteiger partial charge is 0.367 e. The van der Waals surface area contributed by atoms with Crippen molar-refractivity contribution in [1.29, 1.82) is 0 Å². The maximum Gasteiger partial charge on any atom is 0.254 e. The van der Waals surface area contributed by atoms with Crippen molar-refractivity contribution in [2.45, 2.75) is 19.1 Å². The van der Waals surface area contributed by atoms with Crippen molar-refractivity contribution in [3.63, 3.8) is 0 Å². The van der Waals surface area contributed by atoms with Crippen LogP contribution in [-0.4, -0.2) is 11.0 Å². The van der Waals surface area contributed by atoms with E-state index in [0.717, 1.165) is 0 Å². The smallest absolute Gasteiger partial charge is 0.254 e. The summed E-state index contributed by atoms with van der Waals surface area (Å²) in [6.45, 7) is 1.81. The van der Waals surface area contributed by atoms with Crippen molar-refractivity contribution in [3.05, 3.63) is 34.3 Å². The van der Waals surface area contributed by atoms with Gasteiger partial charge in [0.05, 0.1) is 0 Å². The minimum absolute atomic E-state index is 0.271. The Morgan fingerprint density at radius 2 is 2.29 bits per heavy atom. The molecule has 0 radical (unpaired) electrons. The number of halogens is 1. The van der Waals surface area contributed by atoms with Crippen molar-refractivity contribution < 1.29 is 9.90 Å². The Labute approximate surface area is 86.7 Å². The van der Waals surface area contributed by atoms with Gasteiger partial charge in [-0.2, -0.15) is 0 Å². The third-order valence-corrected chi connectivity index (χ3v) is 2.74. The summed E-state index contributed by atoms with van der Waals surface area (Å²) in [5, 5.41) is 13.1.